The minimum Gasteiger partial charge on any atom is -0.162 e. The van der Waals surface area contributed by atoms with Crippen molar-refractivity contribution in [1.29, 1.82) is 0 Å². The highest BCUT2D eigenvalue weighted by Gasteiger charge is 1.80. The van der Waals surface area contributed by atoms with Crippen LogP contribution in [0.2, 0.25) is 0 Å². The molecule has 1 aliphatic rings. The molecule has 1 heterocycles. The second-order valence-electron chi connectivity index (χ2n) is 0.852. The Balaban J connectivity index is 0.000000360. The van der Waals surface area contributed by atoms with E-state index in [9.17, 15) is 0 Å². The third kappa shape index (κ3) is 2.82. The van der Waals surface area contributed by atoms with Crippen molar-refractivity contribution in [2.45, 2.75) is 0 Å². The normalized spacial score (nSPS) is 16.0. The summed E-state index contributed by atoms with van der Waals surface area (Å²) in [6.45, 7) is 0. The van der Waals surface area contributed by atoms with E-state index >= 15 is 0 Å². The van der Waals surface area contributed by atoms with E-state index in [1.807, 2.05) is 0 Å². The van der Waals surface area contributed by atoms with Crippen LogP contribution in [0, 0.1) is 0 Å². The summed E-state index contributed by atoms with van der Waals surface area (Å²) < 4.78 is 0. The molecular weight excluding hydrogens is 176 g/mol. The van der Waals surface area contributed by atoms with Crippen molar-refractivity contribution in [2.75, 3.05) is 5.75 Å². The maximum atomic E-state index is 3.60. The molecule has 1 aliphatic heterocycles. The average Bonchev–Trinajstić information content (AvgIpc) is 1.72. The summed E-state index contributed by atoms with van der Waals surface area (Å²) in [4.78, 5) is 0. The van der Waals surface area contributed by atoms with Crippen molar-refractivity contribution in [3.63, 3.8) is 0 Å². The molecule has 0 atom stereocenters. The van der Waals surface area contributed by atoms with Crippen LogP contribution in [0.25, 0.3) is 0 Å². The molecular formula is C3H5BrN2S. The zero-order valence-electron chi connectivity index (χ0n) is 3.57. The first-order valence-corrected chi connectivity index (χ1v) is 2.70. The Kier molecular flexibility index (Phi) is 4.44. The van der Waals surface area contributed by atoms with E-state index in [0.29, 0.717) is 0 Å². The Bertz CT molecular complexity index is 78.9. The maximum absolute atomic E-state index is 3.60. The van der Waals surface area contributed by atoms with E-state index in [-0.39, 0.29) is 17.0 Å². The molecule has 0 radical (unpaired) electrons. The summed E-state index contributed by atoms with van der Waals surface area (Å²) in [6.07, 6.45) is 1.78. The fourth-order valence-corrected chi connectivity index (χ4v) is 0.587. The minimum absolute atomic E-state index is 0. The minimum atomic E-state index is 0. The number of thioether (sulfide) groups is 1. The molecule has 0 unspecified atom stereocenters. The molecule has 40 valence electrons. The Labute approximate surface area is 56.9 Å². The van der Waals surface area contributed by atoms with Crippen molar-refractivity contribution < 1.29 is 0 Å². The van der Waals surface area contributed by atoms with Crippen molar-refractivity contribution >= 4 is 40.5 Å². The molecule has 0 spiro atoms. The van der Waals surface area contributed by atoms with Gasteiger partial charge in [0.15, 0.2) is 0 Å². The zero-order chi connectivity index (χ0) is 4.24. The van der Waals surface area contributed by atoms with Gasteiger partial charge in [-0.15, -0.1) is 28.7 Å². The molecule has 0 bridgehead atoms. The summed E-state index contributed by atoms with van der Waals surface area (Å²) in [7, 11) is 0. The van der Waals surface area contributed by atoms with Gasteiger partial charge >= 0.3 is 0 Å². The smallest absolute Gasteiger partial charge is 0.0828 e. The van der Waals surface area contributed by atoms with Gasteiger partial charge in [-0.05, 0) is 0 Å². The summed E-state index contributed by atoms with van der Waals surface area (Å²) in [6, 6.07) is 0. The molecule has 0 aliphatic carbocycles. The monoisotopic (exact) mass is 180 g/mol. The fraction of sp³-hybridized carbons (Fsp3) is 0.333. The van der Waals surface area contributed by atoms with Gasteiger partial charge in [0.2, 0.25) is 0 Å². The van der Waals surface area contributed by atoms with E-state index in [1.54, 1.807) is 23.5 Å². The molecule has 7 heavy (non-hydrogen) atoms. The molecule has 0 N–H and O–H groups in total. The van der Waals surface area contributed by atoms with Crippen LogP contribution in [-0.2, 0) is 0 Å². The van der Waals surface area contributed by atoms with Crippen LogP contribution in [0.15, 0.2) is 10.2 Å². The lowest BCUT2D eigenvalue weighted by Crippen LogP contribution is -1.82. The highest BCUT2D eigenvalue weighted by Crippen LogP contribution is 1.95. The lowest BCUT2D eigenvalue weighted by molar-refractivity contribution is 1.27. The number of halogens is 1. The van der Waals surface area contributed by atoms with Gasteiger partial charge in [-0.25, -0.2) is 0 Å². The molecule has 0 aromatic heterocycles. The van der Waals surface area contributed by atoms with Crippen molar-refractivity contribution in [2.24, 2.45) is 10.2 Å². The van der Waals surface area contributed by atoms with Crippen LogP contribution in [0.3, 0.4) is 0 Å². The summed E-state index contributed by atoms with van der Waals surface area (Å²) >= 11 is 1.65. The van der Waals surface area contributed by atoms with Crippen molar-refractivity contribution in [1.82, 2.24) is 0 Å². The number of hydrogen-bond acceptors (Lipinski definition) is 3. The number of hydrogen-bond donors (Lipinski definition) is 0. The standard InChI is InChI=1S/C3H4N2S.BrH/c1-2-6-3-5-4-1;/h1,3H,2H2;1H. The number of nitrogens with zero attached hydrogens (tertiary/aromatic N) is 2. The number of rotatable bonds is 0. The molecule has 4 heteroatoms. The van der Waals surface area contributed by atoms with Crippen molar-refractivity contribution in [3.8, 4) is 0 Å². The molecule has 0 saturated carbocycles. The lowest BCUT2D eigenvalue weighted by Gasteiger charge is -1.86. The highest BCUT2D eigenvalue weighted by atomic mass is 79.9. The van der Waals surface area contributed by atoms with Crippen LogP contribution < -0.4 is 0 Å². The van der Waals surface area contributed by atoms with E-state index in [0.717, 1.165) is 5.75 Å². The van der Waals surface area contributed by atoms with Crippen LogP contribution >= 0.6 is 28.7 Å². The van der Waals surface area contributed by atoms with Gasteiger partial charge in [-0.1, -0.05) is 0 Å². The molecule has 0 aromatic carbocycles. The first kappa shape index (κ1) is 7.17. The van der Waals surface area contributed by atoms with Gasteiger partial charge in [0, 0.05) is 12.0 Å². The lowest BCUT2D eigenvalue weighted by atomic mass is 10.9. The Morgan fingerprint density at radius 2 is 2.29 bits per heavy atom. The Hall–Kier alpha value is 0.170. The molecule has 0 amide bonds. The topological polar surface area (TPSA) is 24.7 Å². The Morgan fingerprint density at radius 3 is 2.43 bits per heavy atom. The van der Waals surface area contributed by atoms with E-state index in [4.69, 9.17) is 0 Å². The molecule has 0 fully saturated rings. The molecule has 2 nitrogen and oxygen atoms in total. The summed E-state index contributed by atoms with van der Waals surface area (Å²) in [5.41, 5.74) is 1.74. The van der Waals surface area contributed by atoms with Gasteiger partial charge in [0.25, 0.3) is 0 Å². The predicted molar refractivity (Wildman–Crippen MR) is 39.8 cm³/mol. The van der Waals surface area contributed by atoms with Crippen LogP contribution in [-0.4, -0.2) is 17.5 Å². The van der Waals surface area contributed by atoms with Crippen LogP contribution in [0.4, 0.5) is 0 Å². The molecule has 1 rings (SSSR count). The van der Waals surface area contributed by atoms with Gasteiger partial charge < -0.3 is 0 Å². The SMILES string of the molecule is Br.C1=NN=CSC1. The van der Waals surface area contributed by atoms with Gasteiger partial charge in [-0.2, -0.15) is 10.2 Å². The quantitative estimate of drug-likeness (QED) is 0.553. The second kappa shape index (κ2) is 4.33. The first-order chi connectivity index (χ1) is 3.00. The Morgan fingerprint density at radius 1 is 1.43 bits per heavy atom. The van der Waals surface area contributed by atoms with Crippen LogP contribution in [0.1, 0.15) is 0 Å². The van der Waals surface area contributed by atoms with Crippen molar-refractivity contribution in [3.05, 3.63) is 0 Å². The highest BCUT2D eigenvalue weighted by molar-refractivity contribution is 8.93. The third-order valence-electron chi connectivity index (χ3n) is 0.441. The maximum Gasteiger partial charge on any atom is 0.0828 e. The van der Waals surface area contributed by atoms with Crippen LogP contribution in [0.5, 0.6) is 0 Å². The predicted octanol–water partition coefficient (Wildman–Crippen LogP) is 1.33. The second-order valence-corrected chi connectivity index (χ2v) is 1.73. The largest absolute Gasteiger partial charge is 0.162 e. The third-order valence-corrected chi connectivity index (χ3v) is 1.03. The van der Waals surface area contributed by atoms with E-state index < -0.39 is 0 Å². The van der Waals surface area contributed by atoms with Gasteiger partial charge in [0.05, 0.1) is 5.55 Å². The summed E-state index contributed by atoms with van der Waals surface area (Å²) in [5, 5.41) is 7.19. The molecule has 0 saturated heterocycles. The van der Waals surface area contributed by atoms with E-state index in [1.165, 1.54) is 0 Å². The first-order valence-electron chi connectivity index (χ1n) is 1.65. The molecule has 0 aromatic rings. The van der Waals surface area contributed by atoms with Gasteiger partial charge in [0.1, 0.15) is 0 Å². The average molecular weight is 181 g/mol. The zero-order valence-corrected chi connectivity index (χ0v) is 6.10. The van der Waals surface area contributed by atoms with Gasteiger partial charge in [-0.3, -0.25) is 0 Å². The van der Waals surface area contributed by atoms with E-state index in [2.05, 4.69) is 10.2 Å². The summed E-state index contributed by atoms with van der Waals surface area (Å²) in [5.74, 6) is 0.976. The fourth-order valence-electron chi connectivity index (χ4n) is 0.227.